The number of fused-ring (bicyclic) bond motifs is 3. The molecule has 1 N–H and O–H groups in total. The van der Waals surface area contributed by atoms with E-state index in [-0.39, 0.29) is 10.3 Å². The molecular formula is C19H18N2O3S2. The molecule has 4 rings (SSSR count). The monoisotopic (exact) mass is 386 g/mol. The lowest BCUT2D eigenvalue weighted by atomic mass is 9.97. The summed E-state index contributed by atoms with van der Waals surface area (Å²) in [5, 5.41) is 0.623. The number of rotatable bonds is 3. The molecule has 2 heterocycles. The standard InChI is InChI=1S/C19H18N2O3S2/c1-2-24-12-9-7-11(8-10-12)17(22)21-18(23)15-13-5-3-4-6-14(13)26-16(15)20-19(21)25/h7-10H,2-6H2,1H3,(H,20,25). The number of aromatic amines is 1. The largest absolute Gasteiger partial charge is 0.494 e. The third-order valence-electron chi connectivity index (χ3n) is 4.63. The van der Waals surface area contributed by atoms with Gasteiger partial charge in [0.25, 0.3) is 11.5 Å². The number of thiophene rings is 1. The van der Waals surface area contributed by atoms with Crippen LogP contribution in [0.25, 0.3) is 10.2 Å². The van der Waals surface area contributed by atoms with Gasteiger partial charge >= 0.3 is 0 Å². The predicted molar refractivity (Wildman–Crippen MR) is 105 cm³/mol. The minimum absolute atomic E-state index is 0.139. The SMILES string of the molecule is CCOc1ccc(C(=O)n2c(=S)[nH]c3sc4c(c3c2=O)CCCC4)cc1. The molecule has 0 saturated heterocycles. The molecule has 0 amide bonds. The van der Waals surface area contributed by atoms with Crippen LogP contribution in [-0.4, -0.2) is 22.1 Å². The average molecular weight is 386 g/mol. The van der Waals surface area contributed by atoms with Gasteiger partial charge in [0.05, 0.1) is 12.0 Å². The Hall–Kier alpha value is -2.25. The Kier molecular flexibility index (Phi) is 4.50. The summed E-state index contributed by atoms with van der Waals surface area (Å²) in [6, 6.07) is 6.75. The first kappa shape index (κ1) is 17.2. The Morgan fingerprint density at radius 2 is 2.00 bits per heavy atom. The maximum absolute atomic E-state index is 13.1. The molecule has 7 heteroatoms. The quantitative estimate of drug-likeness (QED) is 0.689. The van der Waals surface area contributed by atoms with Crippen LogP contribution in [-0.2, 0) is 12.8 Å². The number of hydrogen-bond acceptors (Lipinski definition) is 5. The lowest BCUT2D eigenvalue weighted by Gasteiger charge is -2.10. The molecule has 0 unspecified atom stereocenters. The average Bonchev–Trinajstić information content (AvgIpc) is 3.00. The molecule has 26 heavy (non-hydrogen) atoms. The van der Waals surface area contributed by atoms with Crippen LogP contribution in [0.2, 0.25) is 0 Å². The summed E-state index contributed by atoms with van der Waals surface area (Å²) >= 11 is 6.91. The smallest absolute Gasteiger partial charge is 0.270 e. The van der Waals surface area contributed by atoms with Crippen LogP contribution in [0, 0.1) is 4.77 Å². The normalized spacial score (nSPS) is 13.6. The maximum atomic E-state index is 13.1. The topological polar surface area (TPSA) is 64.1 Å². The Morgan fingerprint density at radius 1 is 1.27 bits per heavy atom. The van der Waals surface area contributed by atoms with E-state index in [0.717, 1.165) is 40.6 Å². The van der Waals surface area contributed by atoms with E-state index >= 15 is 0 Å². The third kappa shape index (κ3) is 2.81. The third-order valence-corrected chi connectivity index (χ3v) is 6.12. The van der Waals surface area contributed by atoms with Crippen LogP contribution in [0.1, 0.15) is 40.6 Å². The second-order valence-corrected chi connectivity index (χ2v) is 7.74. The van der Waals surface area contributed by atoms with Crippen molar-refractivity contribution in [1.82, 2.24) is 9.55 Å². The van der Waals surface area contributed by atoms with Crippen LogP contribution in [0.5, 0.6) is 5.75 Å². The van der Waals surface area contributed by atoms with E-state index in [1.807, 2.05) is 6.92 Å². The van der Waals surface area contributed by atoms with Crippen molar-refractivity contribution in [2.24, 2.45) is 0 Å². The van der Waals surface area contributed by atoms with Gasteiger partial charge in [-0.25, -0.2) is 4.57 Å². The van der Waals surface area contributed by atoms with E-state index in [2.05, 4.69) is 4.98 Å². The van der Waals surface area contributed by atoms with Gasteiger partial charge in [-0.2, -0.15) is 0 Å². The first-order chi connectivity index (χ1) is 12.6. The van der Waals surface area contributed by atoms with Crippen molar-refractivity contribution in [3.8, 4) is 5.75 Å². The van der Waals surface area contributed by atoms with Gasteiger partial charge in [-0.3, -0.25) is 9.59 Å². The molecule has 0 atom stereocenters. The fraction of sp³-hybridized carbons (Fsp3) is 0.316. The maximum Gasteiger partial charge on any atom is 0.270 e. The molecule has 0 bridgehead atoms. The second kappa shape index (κ2) is 6.81. The molecule has 1 aromatic carbocycles. The number of aromatic nitrogens is 2. The van der Waals surface area contributed by atoms with E-state index in [1.54, 1.807) is 35.6 Å². The van der Waals surface area contributed by atoms with E-state index in [1.165, 1.54) is 4.88 Å². The lowest BCUT2D eigenvalue weighted by molar-refractivity contribution is 0.0953. The van der Waals surface area contributed by atoms with Crippen LogP contribution in [0.4, 0.5) is 0 Å². The van der Waals surface area contributed by atoms with Crippen LogP contribution in [0.15, 0.2) is 29.1 Å². The summed E-state index contributed by atoms with van der Waals surface area (Å²) in [5.41, 5.74) is 1.17. The molecule has 1 aliphatic carbocycles. The summed E-state index contributed by atoms with van der Waals surface area (Å²) in [6.07, 6.45) is 4.08. The molecule has 0 saturated carbocycles. The second-order valence-electron chi connectivity index (χ2n) is 6.25. The Balaban J connectivity index is 1.84. The van der Waals surface area contributed by atoms with Crippen molar-refractivity contribution >= 4 is 39.7 Å². The number of H-pyrrole nitrogens is 1. The number of carbonyl (C=O) groups is 1. The van der Waals surface area contributed by atoms with Gasteiger partial charge in [-0.05, 0) is 74.7 Å². The van der Waals surface area contributed by atoms with E-state index in [9.17, 15) is 9.59 Å². The number of carbonyl (C=O) groups excluding carboxylic acids is 1. The van der Waals surface area contributed by atoms with Crippen molar-refractivity contribution in [1.29, 1.82) is 0 Å². The van der Waals surface area contributed by atoms with E-state index in [0.29, 0.717) is 23.3 Å². The zero-order valence-corrected chi connectivity index (χ0v) is 16.0. The number of nitrogens with zero attached hydrogens (tertiary/aromatic N) is 1. The fourth-order valence-corrected chi connectivity index (χ4v) is 5.02. The summed E-state index contributed by atoms with van der Waals surface area (Å²) < 4.78 is 6.62. The number of benzene rings is 1. The van der Waals surface area contributed by atoms with Gasteiger partial charge in [0, 0.05) is 10.4 Å². The first-order valence-corrected chi connectivity index (χ1v) is 9.89. The summed E-state index contributed by atoms with van der Waals surface area (Å²) in [5.74, 6) is 0.265. The zero-order valence-electron chi connectivity index (χ0n) is 14.3. The first-order valence-electron chi connectivity index (χ1n) is 8.67. The molecule has 3 aromatic rings. The Morgan fingerprint density at radius 3 is 2.73 bits per heavy atom. The van der Waals surface area contributed by atoms with Crippen molar-refractivity contribution in [3.63, 3.8) is 0 Å². The van der Waals surface area contributed by atoms with Crippen molar-refractivity contribution < 1.29 is 9.53 Å². The zero-order chi connectivity index (χ0) is 18.3. The molecule has 5 nitrogen and oxygen atoms in total. The fourth-order valence-electron chi connectivity index (χ4n) is 3.41. The highest BCUT2D eigenvalue weighted by Gasteiger charge is 2.22. The lowest BCUT2D eigenvalue weighted by Crippen LogP contribution is -2.29. The van der Waals surface area contributed by atoms with E-state index in [4.69, 9.17) is 17.0 Å². The molecule has 0 aliphatic heterocycles. The van der Waals surface area contributed by atoms with Crippen molar-refractivity contribution in [2.45, 2.75) is 32.6 Å². The Labute approximate surface area is 159 Å². The summed E-state index contributed by atoms with van der Waals surface area (Å²) in [4.78, 5) is 31.1. The van der Waals surface area contributed by atoms with Crippen molar-refractivity contribution in [3.05, 3.63) is 55.4 Å². The highest BCUT2D eigenvalue weighted by Crippen LogP contribution is 2.33. The van der Waals surface area contributed by atoms with Crippen LogP contribution >= 0.6 is 23.6 Å². The number of ether oxygens (including phenoxy) is 1. The predicted octanol–water partition coefficient (Wildman–Crippen LogP) is 4.09. The van der Waals surface area contributed by atoms with Gasteiger partial charge in [0.15, 0.2) is 4.77 Å². The molecular weight excluding hydrogens is 368 g/mol. The highest BCUT2D eigenvalue weighted by molar-refractivity contribution is 7.71. The molecule has 2 aromatic heterocycles. The Bertz CT molecular complexity index is 1110. The number of hydrogen-bond donors (Lipinski definition) is 1. The minimum Gasteiger partial charge on any atom is -0.494 e. The molecule has 0 spiro atoms. The summed E-state index contributed by atoms with van der Waals surface area (Å²) in [6.45, 7) is 2.45. The molecule has 1 aliphatic rings. The van der Waals surface area contributed by atoms with Crippen molar-refractivity contribution in [2.75, 3.05) is 6.61 Å². The van der Waals surface area contributed by atoms with Gasteiger partial charge in [0.1, 0.15) is 10.6 Å². The number of aryl methyl sites for hydroxylation is 2. The molecule has 0 radical (unpaired) electrons. The van der Waals surface area contributed by atoms with Crippen LogP contribution in [0.3, 0.4) is 0 Å². The van der Waals surface area contributed by atoms with Gasteiger partial charge in [-0.1, -0.05) is 0 Å². The van der Waals surface area contributed by atoms with E-state index < -0.39 is 5.91 Å². The van der Waals surface area contributed by atoms with Gasteiger partial charge in [0.2, 0.25) is 0 Å². The van der Waals surface area contributed by atoms with Crippen LogP contribution < -0.4 is 10.3 Å². The minimum atomic E-state index is -0.419. The highest BCUT2D eigenvalue weighted by atomic mass is 32.1. The molecule has 0 fully saturated rings. The molecule has 134 valence electrons. The van der Waals surface area contributed by atoms with Gasteiger partial charge < -0.3 is 9.72 Å². The summed E-state index contributed by atoms with van der Waals surface area (Å²) in [7, 11) is 0. The number of nitrogens with one attached hydrogen (secondary N) is 1. The van der Waals surface area contributed by atoms with Gasteiger partial charge in [-0.15, -0.1) is 11.3 Å².